The zero-order chi connectivity index (χ0) is 13.2. The van der Waals surface area contributed by atoms with E-state index < -0.39 is 0 Å². The Bertz CT molecular complexity index is 483. The Morgan fingerprint density at radius 2 is 2.33 bits per heavy atom. The van der Waals surface area contributed by atoms with Crippen molar-refractivity contribution in [3.63, 3.8) is 0 Å². The Hall–Kier alpha value is -0.880. The van der Waals surface area contributed by atoms with Crippen LogP contribution in [0.5, 0.6) is 0 Å². The average molecular weight is 316 g/mol. The third-order valence-corrected chi connectivity index (χ3v) is 4.55. The molecule has 1 aliphatic rings. The van der Waals surface area contributed by atoms with Crippen molar-refractivity contribution in [2.75, 3.05) is 18.5 Å². The van der Waals surface area contributed by atoms with Gasteiger partial charge in [0.2, 0.25) is 0 Å². The first-order valence-electron chi connectivity index (χ1n) is 6.14. The number of nitrogens with zero attached hydrogens (tertiary/aromatic N) is 2. The summed E-state index contributed by atoms with van der Waals surface area (Å²) >= 11 is 3.29. The van der Waals surface area contributed by atoms with E-state index >= 15 is 0 Å². The van der Waals surface area contributed by atoms with Crippen LogP contribution in [0.4, 0.5) is 5.69 Å². The third kappa shape index (κ3) is 2.59. The Labute approximate surface area is 114 Å². The van der Waals surface area contributed by atoms with Crippen molar-refractivity contribution in [2.45, 2.75) is 25.7 Å². The molecule has 1 heterocycles. The second-order valence-corrected chi connectivity index (χ2v) is 5.77. The normalized spacial score (nSPS) is 17.3. The average Bonchev–Trinajstić information content (AvgIpc) is 2.31. The van der Waals surface area contributed by atoms with Crippen LogP contribution in [0.3, 0.4) is 0 Å². The van der Waals surface area contributed by atoms with Gasteiger partial charge >= 0.3 is 0 Å². The molecule has 1 aliphatic carbocycles. The number of aliphatic hydroxyl groups is 1. The summed E-state index contributed by atoms with van der Waals surface area (Å²) < 4.78 is 1.81. The van der Waals surface area contributed by atoms with Gasteiger partial charge in [-0.05, 0) is 40.6 Å². The first kappa shape index (κ1) is 13.5. The summed E-state index contributed by atoms with van der Waals surface area (Å²) in [6.45, 7) is 0.999. The Balaban J connectivity index is 2.06. The molecule has 1 aromatic heterocycles. The van der Waals surface area contributed by atoms with Crippen molar-refractivity contribution < 1.29 is 5.11 Å². The van der Waals surface area contributed by atoms with Gasteiger partial charge in [-0.2, -0.15) is 5.10 Å². The molecule has 2 N–H and O–H groups in total. The number of aryl methyl sites for hydroxylation is 1. The minimum absolute atomic E-state index is 0.148. The smallest absolute Gasteiger partial charge is 0.282 e. The molecule has 0 bridgehead atoms. The maximum absolute atomic E-state index is 11.7. The summed E-state index contributed by atoms with van der Waals surface area (Å²) in [6.07, 6.45) is 5.96. The first-order chi connectivity index (χ1) is 8.58. The molecule has 1 aromatic rings. The number of aromatic nitrogens is 2. The molecule has 0 aromatic carbocycles. The summed E-state index contributed by atoms with van der Waals surface area (Å²) in [7, 11) is 1.62. The van der Waals surface area contributed by atoms with Gasteiger partial charge in [0, 0.05) is 20.2 Å². The molecule has 18 heavy (non-hydrogen) atoms. The highest BCUT2D eigenvalue weighted by Gasteiger charge is 2.36. The van der Waals surface area contributed by atoms with Crippen molar-refractivity contribution in [3.8, 4) is 0 Å². The van der Waals surface area contributed by atoms with Crippen LogP contribution in [0.15, 0.2) is 15.5 Å². The predicted octanol–water partition coefficient (Wildman–Crippen LogP) is 1.51. The number of rotatable bonds is 5. The highest BCUT2D eigenvalue weighted by atomic mass is 79.9. The van der Waals surface area contributed by atoms with Crippen molar-refractivity contribution in [1.29, 1.82) is 0 Å². The Morgan fingerprint density at radius 1 is 1.61 bits per heavy atom. The molecule has 1 saturated carbocycles. The molecule has 0 unspecified atom stereocenters. The van der Waals surface area contributed by atoms with Gasteiger partial charge in [-0.15, -0.1) is 0 Å². The molecule has 100 valence electrons. The quantitative estimate of drug-likeness (QED) is 0.864. The molecule has 0 aliphatic heterocycles. The number of halogens is 1. The third-order valence-electron chi connectivity index (χ3n) is 3.79. The van der Waals surface area contributed by atoms with Crippen LogP contribution in [-0.2, 0) is 7.05 Å². The maximum Gasteiger partial charge on any atom is 0.282 e. The van der Waals surface area contributed by atoms with Crippen LogP contribution in [0, 0.1) is 5.41 Å². The van der Waals surface area contributed by atoms with E-state index in [1.54, 1.807) is 13.2 Å². The molecular formula is C12H18BrN3O2. The molecule has 5 nitrogen and oxygen atoms in total. The van der Waals surface area contributed by atoms with Gasteiger partial charge in [0.05, 0.1) is 11.9 Å². The zero-order valence-electron chi connectivity index (χ0n) is 10.4. The topological polar surface area (TPSA) is 67.2 Å². The summed E-state index contributed by atoms with van der Waals surface area (Å²) in [5.41, 5.74) is 0.766. The highest BCUT2D eigenvalue weighted by molar-refractivity contribution is 9.10. The zero-order valence-corrected chi connectivity index (χ0v) is 12.0. The van der Waals surface area contributed by atoms with E-state index in [0.717, 1.165) is 31.5 Å². The molecular weight excluding hydrogens is 298 g/mol. The van der Waals surface area contributed by atoms with Crippen LogP contribution in [0.1, 0.15) is 25.7 Å². The van der Waals surface area contributed by atoms with E-state index in [0.29, 0.717) is 4.47 Å². The summed E-state index contributed by atoms with van der Waals surface area (Å²) in [5, 5.41) is 16.4. The number of anilines is 1. The summed E-state index contributed by atoms with van der Waals surface area (Å²) in [6, 6.07) is 0. The maximum atomic E-state index is 11.7. The fourth-order valence-corrected chi connectivity index (χ4v) is 2.84. The lowest BCUT2D eigenvalue weighted by molar-refractivity contribution is 0.102. The van der Waals surface area contributed by atoms with Crippen LogP contribution in [0.25, 0.3) is 0 Å². The predicted molar refractivity (Wildman–Crippen MR) is 73.7 cm³/mol. The first-order valence-corrected chi connectivity index (χ1v) is 6.94. The Kier molecular flexibility index (Phi) is 4.07. The van der Waals surface area contributed by atoms with Gasteiger partial charge in [-0.1, -0.05) is 6.42 Å². The fourth-order valence-electron chi connectivity index (χ4n) is 2.35. The molecule has 2 rings (SSSR count). The summed E-state index contributed by atoms with van der Waals surface area (Å²) in [5.74, 6) is 0. The minimum Gasteiger partial charge on any atom is -0.396 e. The van der Waals surface area contributed by atoms with Crippen LogP contribution < -0.4 is 10.9 Å². The SMILES string of the molecule is Cn1ncc(NCC2(CCO)CCC2)c(Br)c1=O. The number of hydrogen-bond acceptors (Lipinski definition) is 4. The second-order valence-electron chi connectivity index (χ2n) is 4.98. The van der Waals surface area contributed by atoms with Crippen molar-refractivity contribution in [1.82, 2.24) is 9.78 Å². The largest absolute Gasteiger partial charge is 0.396 e. The second kappa shape index (κ2) is 5.40. The van der Waals surface area contributed by atoms with E-state index in [1.807, 2.05) is 0 Å². The van der Waals surface area contributed by atoms with Gasteiger partial charge in [0.15, 0.2) is 0 Å². The van der Waals surface area contributed by atoms with Crippen LogP contribution in [-0.4, -0.2) is 28.0 Å². The van der Waals surface area contributed by atoms with Gasteiger partial charge in [-0.25, -0.2) is 4.68 Å². The molecule has 6 heteroatoms. The van der Waals surface area contributed by atoms with Crippen LogP contribution >= 0.6 is 15.9 Å². The molecule has 0 amide bonds. The van der Waals surface area contributed by atoms with E-state index in [-0.39, 0.29) is 17.6 Å². The summed E-state index contributed by atoms with van der Waals surface area (Å²) in [4.78, 5) is 11.7. The van der Waals surface area contributed by atoms with Gasteiger partial charge in [0.25, 0.3) is 5.56 Å². The molecule has 0 radical (unpaired) electrons. The highest BCUT2D eigenvalue weighted by Crippen LogP contribution is 2.43. The number of aliphatic hydroxyl groups excluding tert-OH is 1. The van der Waals surface area contributed by atoms with Gasteiger partial charge in [-0.3, -0.25) is 4.79 Å². The van der Waals surface area contributed by atoms with Crippen LogP contribution in [0.2, 0.25) is 0 Å². The lowest BCUT2D eigenvalue weighted by Crippen LogP contribution is -2.37. The lowest BCUT2D eigenvalue weighted by Gasteiger charge is -2.42. The molecule has 0 atom stereocenters. The van der Waals surface area contributed by atoms with E-state index in [1.165, 1.54) is 11.1 Å². The van der Waals surface area contributed by atoms with Crippen molar-refractivity contribution >= 4 is 21.6 Å². The minimum atomic E-state index is -0.148. The lowest BCUT2D eigenvalue weighted by atomic mass is 9.67. The Morgan fingerprint density at radius 3 is 2.89 bits per heavy atom. The standard InChI is InChI=1S/C12H18BrN3O2/c1-16-11(18)10(13)9(7-15-16)14-8-12(5-6-17)3-2-4-12/h7,14,17H,2-6,8H2,1H3. The molecule has 0 saturated heterocycles. The van der Waals surface area contributed by atoms with Crippen molar-refractivity contribution in [2.24, 2.45) is 12.5 Å². The van der Waals surface area contributed by atoms with E-state index in [2.05, 4.69) is 26.3 Å². The molecule has 0 spiro atoms. The van der Waals surface area contributed by atoms with Crippen molar-refractivity contribution in [3.05, 3.63) is 21.0 Å². The number of hydrogen-bond donors (Lipinski definition) is 2. The van der Waals surface area contributed by atoms with Gasteiger partial charge in [0.1, 0.15) is 4.47 Å². The monoisotopic (exact) mass is 315 g/mol. The fraction of sp³-hybridized carbons (Fsp3) is 0.667. The number of nitrogens with one attached hydrogen (secondary N) is 1. The molecule has 1 fully saturated rings. The van der Waals surface area contributed by atoms with Gasteiger partial charge < -0.3 is 10.4 Å². The van der Waals surface area contributed by atoms with E-state index in [4.69, 9.17) is 5.11 Å². The van der Waals surface area contributed by atoms with E-state index in [9.17, 15) is 4.79 Å².